The van der Waals surface area contributed by atoms with Crippen LogP contribution in [0.3, 0.4) is 0 Å². The molecule has 6 nitrogen and oxygen atoms in total. The highest BCUT2D eigenvalue weighted by Gasteiger charge is 2.48. The topological polar surface area (TPSA) is 77.9 Å². The first-order chi connectivity index (χ1) is 12.8. The van der Waals surface area contributed by atoms with E-state index in [-0.39, 0.29) is 17.1 Å². The number of carbonyl (C=O) groups is 3. The number of Topliss-reactive ketones (excluding diaryl/α,β-unsaturated/α-hetero) is 1. The van der Waals surface area contributed by atoms with Crippen LogP contribution >= 0.6 is 0 Å². The van der Waals surface area contributed by atoms with Crippen LogP contribution in [0.5, 0.6) is 0 Å². The summed E-state index contributed by atoms with van der Waals surface area (Å²) in [7, 11) is 0. The van der Waals surface area contributed by atoms with Gasteiger partial charge in [0.1, 0.15) is 6.04 Å². The van der Waals surface area contributed by atoms with Crippen molar-refractivity contribution in [1.29, 1.82) is 0 Å². The smallest absolute Gasteiger partial charge is 0.320 e. The number of piperidine rings is 1. The molecule has 2 aliphatic rings. The third kappa shape index (κ3) is 4.05. The fraction of sp³-hybridized carbons (Fsp3) is 0.571. The van der Waals surface area contributed by atoms with Gasteiger partial charge in [-0.25, -0.2) is 0 Å². The van der Waals surface area contributed by atoms with Gasteiger partial charge >= 0.3 is 5.97 Å². The van der Waals surface area contributed by atoms with Crippen LogP contribution in [0.1, 0.15) is 60.2 Å². The summed E-state index contributed by atoms with van der Waals surface area (Å²) in [5.74, 6) is -0.838. The molecule has 1 aromatic rings. The second-order valence-electron chi connectivity index (χ2n) is 7.96. The average molecular weight is 372 g/mol. The van der Waals surface area contributed by atoms with Gasteiger partial charge in [-0.05, 0) is 56.7 Å². The van der Waals surface area contributed by atoms with Gasteiger partial charge in [0.05, 0.1) is 0 Å². The Morgan fingerprint density at radius 1 is 1.19 bits per heavy atom. The minimum Gasteiger partial charge on any atom is -0.480 e. The number of benzene rings is 1. The fourth-order valence-electron chi connectivity index (χ4n) is 4.51. The van der Waals surface area contributed by atoms with E-state index >= 15 is 0 Å². The first kappa shape index (κ1) is 19.5. The normalized spacial score (nSPS) is 22.1. The van der Waals surface area contributed by atoms with Crippen LogP contribution < -0.4 is 0 Å². The van der Waals surface area contributed by atoms with E-state index in [4.69, 9.17) is 0 Å². The first-order valence-corrected chi connectivity index (χ1v) is 9.72. The minimum atomic E-state index is -0.736. The van der Waals surface area contributed by atoms with E-state index in [0.717, 1.165) is 32.4 Å². The predicted molar refractivity (Wildman–Crippen MR) is 102 cm³/mol. The Morgan fingerprint density at radius 3 is 2.44 bits per heavy atom. The Morgan fingerprint density at radius 2 is 1.85 bits per heavy atom. The molecule has 1 atom stereocenters. The maximum absolute atomic E-state index is 12.8. The molecule has 0 aliphatic carbocycles. The Kier molecular flexibility index (Phi) is 5.65. The molecule has 1 N–H and O–H groups in total. The molecule has 1 aromatic carbocycles. The van der Waals surface area contributed by atoms with E-state index in [0.29, 0.717) is 30.6 Å². The number of carboxylic acids is 1. The maximum atomic E-state index is 12.8. The summed E-state index contributed by atoms with van der Waals surface area (Å²) in [5, 5.41) is 9.55. The van der Waals surface area contributed by atoms with Gasteiger partial charge in [-0.15, -0.1) is 0 Å². The van der Waals surface area contributed by atoms with Crippen molar-refractivity contribution in [2.45, 2.75) is 45.6 Å². The predicted octanol–water partition coefficient (Wildman–Crippen LogP) is 2.68. The second-order valence-corrected chi connectivity index (χ2v) is 7.96. The van der Waals surface area contributed by atoms with Crippen molar-refractivity contribution in [1.82, 2.24) is 9.80 Å². The van der Waals surface area contributed by atoms with Gasteiger partial charge in [0, 0.05) is 30.8 Å². The van der Waals surface area contributed by atoms with Crippen LogP contribution in [-0.4, -0.2) is 64.8 Å². The molecule has 6 heteroatoms. The van der Waals surface area contributed by atoms with E-state index in [9.17, 15) is 19.5 Å². The lowest BCUT2D eigenvalue weighted by Crippen LogP contribution is -2.44. The molecule has 1 amide bonds. The number of carbonyl (C=O) groups excluding carboxylic acids is 2. The molecule has 27 heavy (non-hydrogen) atoms. The van der Waals surface area contributed by atoms with E-state index in [1.54, 1.807) is 24.3 Å². The van der Waals surface area contributed by atoms with Crippen LogP contribution in [0.4, 0.5) is 0 Å². The standard InChI is InChI=1S/C21H28N2O4/c1-3-9-23-14-21(13-18(23)20(26)27)7-10-22(11-8-21)19(25)17-6-4-5-16(12-17)15(2)24/h4-6,12,18H,3,7-11,13-14H2,1-2H3,(H,26,27)/t18-/m0/s1. The summed E-state index contributed by atoms with van der Waals surface area (Å²) in [6, 6.07) is 6.47. The first-order valence-electron chi connectivity index (χ1n) is 9.72. The fourth-order valence-corrected chi connectivity index (χ4v) is 4.51. The molecule has 0 bridgehead atoms. The van der Waals surface area contributed by atoms with Crippen LogP contribution in [0.2, 0.25) is 0 Å². The number of hydrogen-bond acceptors (Lipinski definition) is 4. The summed E-state index contributed by atoms with van der Waals surface area (Å²) in [5.41, 5.74) is 1.08. The summed E-state index contributed by atoms with van der Waals surface area (Å²) >= 11 is 0. The summed E-state index contributed by atoms with van der Waals surface area (Å²) in [4.78, 5) is 39.9. The van der Waals surface area contributed by atoms with Crippen molar-refractivity contribution in [3.05, 3.63) is 35.4 Å². The number of nitrogens with zero attached hydrogens (tertiary/aromatic N) is 2. The molecule has 0 unspecified atom stereocenters. The summed E-state index contributed by atoms with van der Waals surface area (Å²) in [6.07, 6.45) is 3.27. The van der Waals surface area contributed by atoms with Gasteiger partial charge in [0.25, 0.3) is 5.91 Å². The molecule has 2 fully saturated rings. The van der Waals surface area contributed by atoms with Gasteiger partial charge in [0.2, 0.25) is 0 Å². The number of hydrogen-bond donors (Lipinski definition) is 1. The Labute approximate surface area is 160 Å². The molecule has 0 aromatic heterocycles. The molecule has 0 saturated carbocycles. The van der Waals surface area contributed by atoms with Crippen LogP contribution in [0.15, 0.2) is 24.3 Å². The molecule has 2 saturated heterocycles. The highest BCUT2D eigenvalue weighted by Crippen LogP contribution is 2.43. The van der Waals surface area contributed by atoms with Crippen molar-refractivity contribution in [3.8, 4) is 0 Å². The lowest BCUT2D eigenvalue weighted by Gasteiger charge is -2.39. The molecule has 1 spiro atoms. The molecule has 146 valence electrons. The third-order valence-corrected chi connectivity index (χ3v) is 6.03. The lowest BCUT2D eigenvalue weighted by atomic mass is 9.76. The largest absolute Gasteiger partial charge is 0.480 e. The number of likely N-dealkylation sites (tertiary alicyclic amines) is 2. The Bertz CT molecular complexity index is 737. The van der Waals surface area contributed by atoms with E-state index in [1.165, 1.54) is 6.92 Å². The van der Waals surface area contributed by atoms with Gasteiger partial charge in [0.15, 0.2) is 5.78 Å². The van der Waals surface area contributed by atoms with Crippen LogP contribution in [0.25, 0.3) is 0 Å². The second kappa shape index (κ2) is 7.80. The highest BCUT2D eigenvalue weighted by atomic mass is 16.4. The van der Waals surface area contributed by atoms with Crippen LogP contribution in [-0.2, 0) is 4.79 Å². The number of ketones is 1. The van der Waals surface area contributed by atoms with Crippen molar-refractivity contribution in [3.63, 3.8) is 0 Å². The average Bonchev–Trinajstić information content (AvgIpc) is 3.00. The SMILES string of the molecule is CCCN1CC2(CCN(C(=O)c3cccc(C(C)=O)c3)CC2)C[C@H]1C(=O)O. The molecule has 2 aliphatic heterocycles. The van der Waals surface area contributed by atoms with Gasteiger partial charge < -0.3 is 10.0 Å². The lowest BCUT2D eigenvalue weighted by molar-refractivity contribution is -0.142. The van der Waals surface area contributed by atoms with Gasteiger partial charge in [-0.1, -0.05) is 19.1 Å². The minimum absolute atomic E-state index is 0.00373. The zero-order chi connectivity index (χ0) is 19.6. The van der Waals surface area contributed by atoms with Crippen molar-refractivity contribution < 1.29 is 19.5 Å². The number of amides is 1. The van der Waals surface area contributed by atoms with Gasteiger partial charge in [-0.2, -0.15) is 0 Å². The number of rotatable bonds is 5. The van der Waals surface area contributed by atoms with Crippen molar-refractivity contribution >= 4 is 17.7 Å². The van der Waals surface area contributed by atoms with E-state index < -0.39 is 12.0 Å². The maximum Gasteiger partial charge on any atom is 0.320 e. The summed E-state index contributed by atoms with van der Waals surface area (Å²) < 4.78 is 0. The number of aliphatic carboxylic acids is 1. The monoisotopic (exact) mass is 372 g/mol. The highest BCUT2D eigenvalue weighted by molar-refractivity contribution is 5.99. The number of carboxylic acid groups (broad SMARTS) is 1. The van der Waals surface area contributed by atoms with Crippen molar-refractivity contribution in [2.24, 2.45) is 5.41 Å². The zero-order valence-electron chi connectivity index (χ0n) is 16.1. The summed E-state index contributed by atoms with van der Waals surface area (Å²) in [6.45, 7) is 6.44. The van der Waals surface area contributed by atoms with Gasteiger partial charge in [-0.3, -0.25) is 19.3 Å². The molecule has 3 rings (SSSR count). The Balaban J connectivity index is 1.66. The molecular formula is C21H28N2O4. The quantitative estimate of drug-likeness (QED) is 0.804. The van der Waals surface area contributed by atoms with E-state index in [2.05, 4.69) is 11.8 Å². The molecule has 0 radical (unpaired) electrons. The molecule has 2 heterocycles. The van der Waals surface area contributed by atoms with Crippen LogP contribution in [0, 0.1) is 5.41 Å². The zero-order valence-corrected chi connectivity index (χ0v) is 16.1. The van der Waals surface area contributed by atoms with E-state index in [1.807, 2.05) is 4.90 Å². The van der Waals surface area contributed by atoms with Crippen molar-refractivity contribution in [2.75, 3.05) is 26.2 Å². The third-order valence-electron chi connectivity index (χ3n) is 6.03. The Hall–Kier alpha value is -2.21. The molecular weight excluding hydrogens is 344 g/mol.